The fourth-order valence-electron chi connectivity index (χ4n) is 2.41. The molecule has 1 fully saturated rings. The Kier molecular flexibility index (Phi) is 4.77. The standard InChI is InChI=1S/C14H25NO3/c1-10-5-7-11(8-6-10)15(4)12(16)9-14(2,3)13(17)18/h10-11H,5-9H2,1-4H3,(H,17,18). The summed E-state index contributed by atoms with van der Waals surface area (Å²) >= 11 is 0. The number of carboxylic acid groups (broad SMARTS) is 1. The van der Waals surface area contributed by atoms with Gasteiger partial charge in [0.1, 0.15) is 0 Å². The van der Waals surface area contributed by atoms with Gasteiger partial charge in [0.15, 0.2) is 0 Å². The van der Waals surface area contributed by atoms with Gasteiger partial charge < -0.3 is 10.0 Å². The highest BCUT2D eigenvalue weighted by Crippen LogP contribution is 2.28. The number of hydrogen-bond acceptors (Lipinski definition) is 2. The second-order valence-corrected chi connectivity index (χ2v) is 6.28. The van der Waals surface area contributed by atoms with Crippen molar-refractivity contribution in [3.05, 3.63) is 0 Å². The first-order valence-electron chi connectivity index (χ1n) is 6.73. The van der Waals surface area contributed by atoms with Gasteiger partial charge in [-0.25, -0.2) is 0 Å². The molecule has 0 heterocycles. The van der Waals surface area contributed by atoms with Gasteiger partial charge in [0.05, 0.1) is 5.41 Å². The Hall–Kier alpha value is -1.06. The second kappa shape index (κ2) is 5.72. The summed E-state index contributed by atoms with van der Waals surface area (Å²) in [7, 11) is 1.81. The summed E-state index contributed by atoms with van der Waals surface area (Å²) < 4.78 is 0. The van der Waals surface area contributed by atoms with Gasteiger partial charge in [0.25, 0.3) is 0 Å². The van der Waals surface area contributed by atoms with Crippen LogP contribution < -0.4 is 0 Å². The van der Waals surface area contributed by atoms with Gasteiger partial charge in [-0.2, -0.15) is 0 Å². The molecule has 0 atom stereocenters. The summed E-state index contributed by atoms with van der Waals surface area (Å²) in [5.41, 5.74) is -0.979. The predicted octanol–water partition coefficient (Wildman–Crippen LogP) is 2.52. The molecule has 1 aliphatic rings. The zero-order valence-corrected chi connectivity index (χ0v) is 11.9. The first kappa shape index (κ1) is 15.0. The van der Waals surface area contributed by atoms with Crippen molar-refractivity contribution in [2.45, 2.75) is 58.9 Å². The number of aliphatic carboxylic acids is 1. The van der Waals surface area contributed by atoms with Crippen LogP contribution in [-0.4, -0.2) is 35.0 Å². The number of carbonyl (C=O) groups excluding carboxylic acids is 1. The Bertz CT molecular complexity index is 317. The highest BCUT2D eigenvalue weighted by Gasteiger charge is 2.33. The fraction of sp³-hybridized carbons (Fsp3) is 0.857. The molecule has 0 radical (unpaired) electrons. The van der Waals surface area contributed by atoms with Crippen LogP contribution in [0, 0.1) is 11.3 Å². The molecule has 4 heteroatoms. The highest BCUT2D eigenvalue weighted by atomic mass is 16.4. The minimum Gasteiger partial charge on any atom is -0.481 e. The summed E-state index contributed by atoms with van der Waals surface area (Å²) in [6.45, 7) is 5.44. The maximum absolute atomic E-state index is 12.1. The lowest BCUT2D eigenvalue weighted by Gasteiger charge is -2.34. The van der Waals surface area contributed by atoms with Crippen LogP contribution in [0.4, 0.5) is 0 Å². The fourth-order valence-corrected chi connectivity index (χ4v) is 2.41. The third kappa shape index (κ3) is 3.72. The van der Waals surface area contributed by atoms with Gasteiger partial charge in [-0.05, 0) is 45.4 Å². The van der Waals surface area contributed by atoms with Crippen LogP contribution in [0.25, 0.3) is 0 Å². The second-order valence-electron chi connectivity index (χ2n) is 6.28. The summed E-state index contributed by atoms with van der Waals surface area (Å²) in [6.07, 6.45) is 4.47. The molecule has 1 saturated carbocycles. The smallest absolute Gasteiger partial charge is 0.309 e. The maximum atomic E-state index is 12.1. The molecule has 1 N–H and O–H groups in total. The molecule has 1 aliphatic carbocycles. The molecule has 0 aromatic carbocycles. The van der Waals surface area contributed by atoms with E-state index in [1.807, 2.05) is 0 Å². The van der Waals surface area contributed by atoms with Crippen molar-refractivity contribution in [1.29, 1.82) is 0 Å². The van der Waals surface area contributed by atoms with E-state index in [4.69, 9.17) is 5.11 Å². The summed E-state index contributed by atoms with van der Waals surface area (Å²) in [5.74, 6) is -0.219. The molecule has 18 heavy (non-hydrogen) atoms. The van der Waals surface area contributed by atoms with Gasteiger partial charge in [-0.1, -0.05) is 6.92 Å². The quantitative estimate of drug-likeness (QED) is 0.839. The molecule has 0 aliphatic heterocycles. The van der Waals surface area contributed by atoms with Gasteiger partial charge in [0.2, 0.25) is 5.91 Å². The van der Waals surface area contributed by atoms with Crippen LogP contribution in [-0.2, 0) is 9.59 Å². The van der Waals surface area contributed by atoms with E-state index >= 15 is 0 Å². The first-order chi connectivity index (χ1) is 8.24. The Morgan fingerprint density at radius 1 is 1.22 bits per heavy atom. The van der Waals surface area contributed by atoms with Crippen LogP contribution in [0.1, 0.15) is 52.9 Å². The van der Waals surface area contributed by atoms with Crippen molar-refractivity contribution in [3.63, 3.8) is 0 Å². The predicted molar refractivity (Wildman–Crippen MR) is 70.2 cm³/mol. The lowest BCUT2D eigenvalue weighted by Crippen LogP contribution is -2.42. The van der Waals surface area contributed by atoms with Crippen molar-refractivity contribution >= 4 is 11.9 Å². The molecule has 0 aromatic rings. The number of carbonyl (C=O) groups is 2. The van der Waals surface area contributed by atoms with E-state index in [9.17, 15) is 9.59 Å². The minimum atomic E-state index is -0.979. The van der Waals surface area contributed by atoms with Crippen LogP contribution in [0.5, 0.6) is 0 Å². The van der Waals surface area contributed by atoms with Gasteiger partial charge in [-0.15, -0.1) is 0 Å². The van der Waals surface area contributed by atoms with E-state index in [1.54, 1.807) is 25.8 Å². The third-order valence-corrected chi connectivity index (χ3v) is 4.10. The minimum absolute atomic E-state index is 0.0537. The topological polar surface area (TPSA) is 57.6 Å². The summed E-state index contributed by atoms with van der Waals surface area (Å²) in [5, 5.41) is 9.05. The lowest BCUT2D eigenvalue weighted by molar-refractivity contribution is -0.151. The van der Waals surface area contributed by atoms with Gasteiger partial charge in [-0.3, -0.25) is 9.59 Å². The monoisotopic (exact) mass is 255 g/mol. The van der Waals surface area contributed by atoms with E-state index < -0.39 is 11.4 Å². The summed E-state index contributed by atoms with van der Waals surface area (Å²) in [6, 6.07) is 0.290. The average Bonchev–Trinajstić information content (AvgIpc) is 2.28. The van der Waals surface area contributed by atoms with Crippen molar-refractivity contribution in [2.24, 2.45) is 11.3 Å². The molecular formula is C14H25NO3. The molecule has 4 nitrogen and oxygen atoms in total. The van der Waals surface area contributed by atoms with Crippen LogP contribution in [0.2, 0.25) is 0 Å². The number of nitrogens with zero attached hydrogens (tertiary/aromatic N) is 1. The largest absolute Gasteiger partial charge is 0.481 e. The SMILES string of the molecule is CC1CCC(N(C)C(=O)CC(C)(C)C(=O)O)CC1. The average molecular weight is 255 g/mol. The van der Waals surface area contributed by atoms with E-state index in [1.165, 1.54) is 0 Å². The number of carboxylic acids is 1. The van der Waals surface area contributed by atoms with Crippen LogP contribution in [0.15, 0.2) is 0 Å². The van der Waals surface area contributed by atoms with Crippen molar-refractivity contribution in [2.75, 3.05) is 7.05 Å². The Morgan fingerprint density at radius 2 is 1.72 bits per heavy atom. The number of amides is 1. The Balaban J connectivity index is 2.54. The summed E-state index contributed by atoms with van der Waals surface area (Å²) in [4.78, 5) is 24.9. The number of rotatable bonds is 4. The Morgan fingerprint density at radius 3 is 2.17 bits per heavy atom. The molecule has 104 valence electrons. The lowest BCUT2D eigenvalue weighted by atomic mass is 9.85. The zero-order chi connectivity index (χ0) is 13.9. The molecule has 0 aromatic heterocycles. The van der Waals surface area contributed by atoms with Crippen molar-refractivity contribution in [3.8, 4) is 0 Å². The van der Waals surface area contributed by atoms with Crippen molar-refractivity contribution in [1.82, 2.24) is 4.90 Å². The highest BCUT2D eigenvalue weighted by molar-refractivity contribution is 5.84. The molecular weight excluding hydrogens is 230 g/mol. The molecule has 1 amide bonds. The van der Waals surface area contributed by atoms with Crippen LogP contribution >= 0.6 is 0 Å². The van der Waals surface area contributed by atoms with Gasteiger partial charge >= 0.3 is 5.97 Å². The zero-order valence-electron chi connectivity index (χ0n) is 11.9. The molecule has 0 bridgehead atoms. The van der Waals surface area contributed by atoms with Gasteiger partial charge in [0, 0.05) is 19.5 Å². The van der Waals surface area contributed by atoms with Crippen molar-refractivity contribution < 1.29 is 14.7 Å². The molecule has 0 spiro atoms. The van der Waals surface area contributed by atoms with E-state index in [0.29, 0.717) is 6.04 Å². The normalized spacial score (nSPS) is 24.7. The van der Waals surface area contributed by atoms with Crippen LogP contribution in [0.3, 0.4) is 0 Å². The third-order valence-electron chi connectivity index (χ3n) is 4.10. The maximum Gasteiger partial charge on any atom is 0.309 e. The van der Waals surface area contributed by atoms with E-state index in [0.717, 1.165) is 31.6 Å². The molecule has 0 unspecified atom stereocenters. The van der Waals surface area contributed by atoms with E-state index in [-0.39, 0.29) is 12.3 Å². The number of hydrogen-bond donors (Lipinski definition) is 1. The molecule has 1 rings (SSSR count). The van der Waals surface area contributed by atoms with E-state index in [2.05, 4.69) is 6.92 Å². The first-order valence-corrected chi connectivity index (χ1v) is 6.73. The Labute approximate surface area is 109 Å². The molecule has 0 saturated heterocycles.